The average molecular weight is 601 g/mol. The molecule has 2 saturated heterocycles. The number of ether oxygens (including phenoxy) is 5. The number of Topliss-reactive ketones (excluding diaryl/α,β-unsaturated/α-hetero) is 1. The van der Waals surface area contributed by atoms with Crippen LogP contribution in [-0.2, 0) is 20.9 Å². The molecule has 3 aromatic rings. The lowest BCUT2D eigenvalue weighted by Gasteiger charge is -2.30. The quantitative estimate of drug-likeness (QED) is 0.212. The van der Waals surface area contributed by atoms with E-state index in [-0.39, 0.29) is 11.1 Å². The van der Waals surface area contributed by atoms with Gasteiger partial charge in [-0.15, -0.1) is 0 Å². The molecule has 230 valence electrons. The van der Waals surface area contributed by atoms with Crippen molar-refractivity contribution in [2.24, 2.45) is 0 Å². The third-order valence-corrected chi connectivity index (χ3v) is 8.06. The molecule has 1 amide bonds. The van der Waals surface area contributed by atoms with E-state index >= 15 is 0 Å². The summed E-state index contributed by atoms with van der Waals surface area (Å²) in [6.45, 7) is 7.22. The minimum absolute atomic E-state index is 0.0935. The van der Waals surface area contributed by atoms with Crippen LogP contribution in [-0.4, -0.2) is 75.8 Å². The van der Waals surface area contributed by atoms with Gasteiger partial charge in [0.15, 0.2) is 23.0 Å². The number of carbonyl (C=O) groups excluding carboxylic acids is 2. The minimum atomic E-state index is -0.890. The van der Waals surface area contributed by atoms with Gasteiger partial charge < -0.3 is 38.6 Å². The van der Waals surface area contributed by atoms with Crippen LogP contribution in [0.1, 0.15) is 29.7 Å². The maximum Gasteiger partial charge on any atom is 0.295 e. The summed E-state index contributed by atoms with van der Waals surface area (Å²) in [6.07, 6.45) is 0. The number of likely N-dealkylation sites (tertiary alicyclic amines) is 1. The number of quaternary nitrogens is 1. The largest absolute Gasteiger partial charge is 0.872 e. The molecule has 0 aliphatic carbocycles. The molecule has 0 spiro atoms. The number of nitrogens with zero attached hydrogens (tertiary/aromatic N) is 1. The highest BCUT2D eigenvalue weighted by atomic mass is 16.6. The van der Waals surface area contributed by atoms with Gasteiger partial charge in [0.25, 0.3) is 5.91 Å². The predicted molar refractivity (Wildman–Crippen MR) is 159 cm³/mol. The fraction of sp³-hybridized carbons (Fsp3) is 0.353. The molecule has 0 radical (unpaired) electrons. The second-order valence-corrected chi connectivity index (χ2v) is 10.9. The number of ketones is 1. The van der Waals surface area contributed by atoms with E-state index in [2.05, 4.69) is 0 Å². The van der Waals surface area contributed by atoms with Gasteiger partial charge in [0.2, 0.25) is 5.78 Å². The zero-order valence-electron chi connectivity index (χ0n) is 24.7. The van der Waals surface area contributed by atoms with Crippen molar-refractivity contribution in [2.45, 2.75) is 19.6 Å². The van der Waals surface area contributed by atoms with Crippen LogP contribution in [0.5, 0.6) is 23.0 Å². The monoisotopic (exact) mass is 600 g/mol. The van der Waals surface area contributed by atoms with Crippen LogP contribution in [0.15, 0.2) is 72.3 Å². The highest BCUT2D eigenvalue weighted by Gasteiger charge is 2.45. The van der Waals surface area contributed by atoms with Gasteiger partial charge in [-0.2, -0.15) is 0 Å². The molecule has 1 N–H and O–H groups in total. The Labute approximate surface area is 256 Å². The second kappa shape index (κ2) is 13.4. The third kappa shape index (κ3) is 6.22. The van der Waals surface area contributed by atoms with Gasteiger partial charge in [-0.1, -0.05) is 48.2 Å². The van der Waals surface area contributed by atoms with Crippen molar-refractivity contribution in [3.8, 4) is 23.0 Å². The highest BCUT2D eigenvalue weighted by Crippen LogP contribution is 2.42. The Morgan fingerprint density at radius 1 is 0.909 bits per heavy atom. The molecule has 10 heteroatoms. The lowest BCUT2D eigenvalue weighted by atomic mass is 9.94. The van der Waals surface area contributed by atoms with Gasteiger partial charge >= 0.3 is 0 Å². The van der Waals surface area contributed by atoms with E-state index < -0.39 is 23.5 Å². The van der Waals surface area contributed by atoms with Crippen LogP contribution >= 0.6 is 0 Å². The summed E-state index contributed by atoms with van der Waals surface area (Å²) in [5.74, 6) is -0.0427. The molecular weight excluding hydrogens is 564 g/mol. The van der Waals surface area contributed by atoms with Gasteiger partial charge in [-0.3, -0.25) is 9.59 Å². The van der Waals surface area contributed by atoms with E-state index in [1.165, 1.54) is 9.80 Å². The normalized spacial score (nSPS) is 19.7. The maximum atomic E-state index is 14.1. The number of morpholine rings is 1. The van der Waals surface area contributed by atoms with Gasteiger partial charge in [-0.25, -0.2) is 0 Å². The van der Waals surface area contributed by atoms with Crippen molar-refractivity contribution in [1.29, 1.82) is 0 Å². The molecule has 1 unspecified atom stereocenters. The molecule has 0 aromatic heterocycles. The first-order chi connectivity index (χ1) is 21.5. The first-order valence-electron chi connectivity index (χ1n) is 15.0. The number of hydrogen-bond donors (Lipinski definition) is 1. The first kappa shape index (κ1) is 29.5. The number of rotatable bonds is 10. The maximum absolute atomic E-state index is 14.1. The predicted octanol–water partition coefficient (Wildman–Crippen LogP) is 1.57. The van der Waals surface area contributed by atoms with Gasteiger partial charge in [-0.05, 0) is 47.9 Å². The van der Waals surface area contributed by atoms with Crippen LogP contribution in [0, 0.1) is 0 Å². The van der Waals surface area contributed by atoms with Gasteiger partial charge in [0, 0.05) is 5.57 Å². The number of hydrogen-bond acceptors (Lipinski definition) is 8. The molecule has 6 rings (SSSR count). The zero-order chi connectivity index (χ0) is 30.5. The zero-order valence-corrected chi connectivity index (χ0v) is 24.7. The van der Waals surface area contributed by atoms with Crippen molar-refractivity contribution in [1.82, 2.24) is 4.90 Å². The summed E-state index contributed by atoms with van der Waals surface area (Å²) in [5, 5.41) is 14.1. The highest BCUT2D eigenvalue weighted by molar-refractivity contribution is 6.46. The van der Waals surface area contributed by atoms with E-state index in [0.717, 1.165) is 18.7 Å². The summed E-state index contributed by atoms with van der Waals surface area (Å²) in [4.78, 5) is 29.9. The van der Waals surface area contributed by atoms with Gasteiger partial charge in [0.05, 0.1) is 39.0 Å². The molecule has 44 heavy (non-hydrogen) atoms. The molecule has 3 aromatic carbocycles. The number of nitrogens with one attached hydrogen (secondary N) is 1. The van der Waals surface area contributed by atoms with Crippen LogP contribution in [0.4, 0.5) is 0 Å². The van der Waals surface area contributed by atoms with Crippen molar-refractivity contribution in [3.05, 3.63) is 89.0 Å². The average Bonchev–Trinajstić information content (AvgIpc) is 3.32. The molecule has 0 saturated carbocycles. The fourth-order valence-corrected chi connectivity index (χ4v) is 5.79. The first-order valence-corrected chi connectivity index (χ1v) is 15.0. The molecule has 0 bridgehead atoms. The second-order valence-electron chi connectivity index (χ2n) is 10.9. The van der Waals surface area contributed by atoms with Crippen molar-refractivity contribution >= 4 is 17.4 Å². The smallest absolute Gasteiger partial charge is 0.295 e. The molecule has 3 aliphatic heterocycles. The standard InChI is InChI=1S/C34H36N2O8/c1-2-41-28-20-24(8-10-27(28)44-22-23-6-4-3-5-7-23)31-30(32(37)25-9-11-26-29(21-25)43-19-18-42-26)33(38)34(39)36(31)13-12-35-14-16-40-17-15-35/h3-11,20-21,31,37H,2,12-19,22H2,1H3/b32-30+. The van der Waals surface area contributed by atoms with E-state index in [1.807, 2.05) is 37.3 Å². The van der Waals surface area contributed by atoms with Crippen molar-refractivity contribution < 1.29 is 43.3 Å². The van der Waals surface area contributed by atoms with Crippen molar-refractivity contribution in [3.63, 3.8) is 0 Å². The van der Waals surface area contributed by atoms with E-state index in [0.29, 0.717) is 81.3 Å². The molecule has 2 fully saturated rings. The summed E-state index contributed by atoms with van der Waals surface area (Å²) in [7, 11) is 0. The topological polar surface area (TPSA) is 111 Å². The van der Waals surface area contributed by atoms with E-state index in [9.17, 15) is 14.7 Å². The number of benzene rings is 3. The van der Waals surface area contributed by atoms with Crippen LogP contribution in [0.25, 0.3) is 5.76 Å². The van der Waals surface area contributed by atoms with Crippen LogP contribution in [0.3, 0.4) is 0 Å². The Kier molecular flexibility index (Phi) is 8.99. The lowest BCUT2D eigenvalue weighted by molar-refractivity contribution is -0.907. The lowest BCUT2D eigenvalue weighted by Crippen LogP contribution is -3.14. The Bertz CT molecular complexity index is 1530. The molecule has 10 nitrogen and oxygen atoms in total. The van der Waals surface area contributed by atoms with Gasteiger partial charge in [0.1, 0.15) is 32.9 Å². The summed E-state index contributed by atoms with van der Waals surface area (Å²) >= 11 is 0. The Balaban J connectivity index is 1.37. The van der Waals surface area contributed by atoms with E-state index in [4.69, 9.17) is 23.7 Å². The minimum Gasteiger partial charge on any atom is -0.872 e. The van der Waals surface area contributed by atoms with Crippen LogP contribution < -0.4 is 29.0 Å². The summed E-state index contributed by atoms with van der Waals surface area (Å²) < 4.78 is 28.8. The van der Waals surface area contributed by atoms with E-state index in [1.54, 1.807) is 36.4 Å². The third-order valence-electron chi connectivity index (χ3n) is 8.06. The number of amides is 1. The molecular formula is C34H36N2O8. The van der Waals surface area contributed by atoms with Crippen LogP contribution in [0.2, 0.25) is 0 Å². The SMILES string of the molecule is CCOc1cc(C2/C(=C(\[O-])c3ccc4c(c3)OCCO4)C(=O)C(=O)N2CC[NH+]2CCOCC2)ccc1OCc1ccccc1. The summed E-state index contributed by atoms with van der Waals surface area (Å²) in [5.41, 5.74) is 1.76. The number of carbonyl (C=O) groups is 2. The summed E-state index contributed by atoms with van der Waals surface area (Å²) in [6, 6.07) is 19.1. The Morgan fingerprint density at radius 2 is 1.68 bits per heavy atom. The molecule has 3 aliphatic rings. The van der Waals surface area contributed by atoms with Crippen molar-refractivity contribution in [2.75, 3.05) is 59.2 Å². The molecule has 3 heterocycles. The Hall–Kier alpha value is -4.54. The molecule has 1 atom stereocenters. The fourth-order valence-electron chi connectivity index (χ4n) is 5.79. The Morgan fingerprint density at radius 3 is 2.45 bits per heavy atom. The number of fused-ring (bicyclic) bond motifs is 1.